The summed E-state index contributed by atoms with van der Waals surface area (Å²) in [6.45, 7) is 6.23. The van der Waals surface area contributed by atoms with Gasteiger partial charge in [0.15, 0.2) is 0 Å². The zero-order valence-corrected chi connectivity index (χ0v) is 18.0. The molecule has 2 atom stereocenters. The van der Waals surface area contributed by atoms with E-state index in [0.29, 0.717) is 5.56 Å². The summed E-state index contributed by atoms with van der Waals surface area (Å²) in [5.74, 6) is -0.324. The van der Waals surface area contributed by atoms with Gasteiger partial charge in [-0.3, -0.25) is 4.79 Å². The van der Waals surface area contributed by atoms with Crippen molar-refractivity contribution >= 4 is 15.9 Å². The van der Waals surface area contributed by atoms with Gasteiger partial charge in [0.05, 0.1) is 6.26 Å². The number of hydrogen-bond donors (Lipinski definition) is 1. The van der Waals surface area contributed by atoms with Crippen LogP contribution in [0.2, 0.25) is 0 Å². The number of carbonyl (C=O) groups excluding carboxylic acids is 1. The zero-order valence-electron chi connectivity index (χ0n) is 17.2. The first-order valence-electron chi connectivity index (χ1n) is 9.36. The van der Waals surface area contributed by atoms with Crippen LogP contribution in [0, 0.1) is 0 Å². The molecule has 2 rings (SSSR count). The first-order valence-corrected chi connectivity index (χ1v) is 11.2. The van der Waals surface area contributed by atoms with Crippen LogP contribution in [0.15, 0.2) is 60.7 Å². The first kappa shape index (κ1) is 22.1. The molecule has 0 saturated heterocycles. The molecule has 28 heavy (non-hydrogen) atoms. The van der Waals surface area contributed by atoms with Crippen LogP contribution >= 0.6 is 0 Å². The molecule has 0 aromatic heterocycles. The molecule has 1 amide bonds. The molecular weight excluding hydrogens is 372 g/mol. The van der Waals surface area contributed by atoms with Crippen LogP contribution in [0.5, 0.6) is 0 Å². The Hall–Kier alpha value is -2.18. The molecular formula is C22H30N2O3S. The molecule has 0 saturated carbocycles. The monoisotopic (exact) mass is 402 g/mol. The summed E-state index contributed by atoms with van der Waals surface area (Å²) in [5, 5.41) is 3.01. The first-order chi connectivity index (χ1) is 13.0. The topological polar surface area (TPSA) is 66.5 Å². The molecule has 5 nitrogen and oxygen atoms in total. The molecule has 0 aliphatic heterocycles. The van der Waals surface area contributed by atoms with Crippen molar-refractivity contribution < 1.29 is 13.2 Å². The van der Waals surface area contributed by atoms with Crippen LogP contribution in [0.3, 0.4) is 0 Å². The number of rotatable bonds is 8. The van der Waals surface area contributed by atoms with E-state index in [1.807, 2.05) is 31.2 Å². The molecule has 0 aliphatic rings. The number of nitrogens with one attached hydrogen (secondary N) is 1. The van der Waals surface area contributed by atoms with Gasteiger partial charge in [0.2, 0.25) is 15.9 Å². The Labute approximate surface area is 168 Å². The largest absolute Gasteiger partial charge is 0.352 e. The minimum absolute atomic E-state index is 0.123. The fourth-order valence-electron chi connectivity index (χ4n) is 3.50. The van der Waals surface area contributed by atoms with E-state index < -0.39 is 16.1 Å². The minimum Gasteiger partial charge on any atom is -0.352 e. The van der Waals surface area contributed by atoms with Crippen molar-refractivity contribution in [2.24, 2.45) is 0 Å². The number of amides is 1. The SMILES string of the molecule is CC(CC(C)(C)c1ccccc1)NC(=O)C(c1ccccc1)N(C)S(C)(=O)=O. The number of benzene rings is 2. The van der Waals surface area contributed by atoms with E-state index in [1.165, 1.54) is 12.6 Å². The zero-order chi connectivity index (χ0) is 20.9. The van der Waals surface area contributed by atoms with E-state index in [0.717, 1.165) is 17.0 Å². The summed E-state index contributed by atoms with van der Waals surface area (Å²) in [5.41, 5.74) is 1.71. The lowest BCUT2D eigenvalue weighted by atomic mass is 9.79. The molecule has 0 heterocycles. The molecule has 2 aromatic carbocycles. The average molecular weight is 403 g/mol. The molecule has 1 N–H and O–H groups in total. The summed E-state index contributed by atoms with van der Waals surface area (Å²) < 4.78 is 25.3. The molecule has 2 aromatic rings. The van der Waals surface area contributed by atoms with E-state index in [4.69, 9.17) is 0 Å². The highest BCUT2D eigenvalue weighted by Crippen LogP contribution is 2.29. The van der Waals surface area contributed by atoms with Crippen LogP contribution in [-0.2, 0) is 20.2 Å². The van der Waals surface area contributed by atoms with Crippen LogP contribution in [0.25, 0.3) is 0 Å². The van der Waals surface area contributed by atoms with Gasteiger partial charge in [-0.2, -0.15) is 4.31 Å². The predicted molar refractivity (Wildman–Crippen MR) is 113 cm³/mol. The molecule has 0 spiro atoms. The highest BCUT2D eigenvalue weighted by molar-refractivity contribution is 7.88. The van der Waals surface area contributed by atoms with Crippen LogP contribution in [-0.4, -0.2) is 38.0 Å². The van der Waals surface area contributed by atoms with Crippen molar-refractivity contribution in [3.05, 3.63) is 71.8 Å². The maximum atomic E-state index is 13.0. The van der Waals surface area contributed by atoms with Crippen molar-refractivity contribution in [1.29, 1.82) is 0 Å². The van der Waals surface area contributed by atoms with E-state index in [9.17, 15) is 13.2 Å². The second-order valence-corrected chi connectivity index (χ2v) is 10.00. The van der Waals surface area contributed by atoms with E-state index in [2.05, 4.69) is 31.3 Å². The number of sulfonamides is 1. The van der Waals surface area contributed by atoms with Gasteiger partial charge in [-0.25, -0.2) is 8.42 Å². The molecule has 0 bridgehead atoms. The maximum Gasteiger partial charge on any atom is 0.243 e. The lowest BCUT2D eigenvalue weighted by Crippen LogP contribution is -2.45. The van der Waals surface area contributed by atoms with Crippen molar-refractivity contribution in [3.63, 3.8) is 0 Å². The minimum atomic E-state index is -3.54. The lowest BCUT2D eigenvalue weighted by molar-refractivity contribution is -0.125. The Morgan fingerprint density at radius 2 is 1.54 bits per heavy atom. The lowest BCUT2D eigenvalue weighted by Gasteiger charge is -2.31. The van der Waals surface area contributed by atoms with Gasteiger partial charge < -0.3 is 5.32 Å². The van der Waals surface area contributed by atoms with E-state index in [1.54, 1.807) is 24.3 Å². The van der Waals surface area contributed by atoms with Gasteiger partial charge in [-0.1, -0.05) is 74.5 Å². The van der Waals surface area contributed by atoms with Crippen LogP contribution in [0.4, 0.5) is 0 Å². The highest BCUT2D eigenvalue weighted by Gasteiger charge is 2.32. The van der Waals surface area contributed by atoms with Crippen molar-refractivity contribution in [2.75, 3.05) is 13.3 Å². The quantitative estimate of drug-likeness (QED) is 0.735. The third kappa shape index (κ3) is 5.66. The average Bonchev–Trinajstić information content (AvgIpc) is 2.62. The molecule has 152 valence electrons. The molecule has 0 aliphatic carbocycles. The maximum absolute atomic E-state index is 13.0. The third-order valence-electron chi connectivity index (χ3n) is 5.01. The summed E-state index contributed by atoms with van der Waals surface area (Å²) in [7, 11) is -2.10. The second-order valence-electron chi connectivity index (χ2n) is 7.96. The Morgan fingerprint density at radius 1 is 1.04 bits per heavy atom. The van der Waals surface area contributed by atoms with Gasteiger partial charge in [-0.05, 0) is 29.9 Å². The third-order valence-corrected chi connectivity index (χ3v) is 6.27. The van der Waals surface area contributed by atoms with Crippen molar-refractivity contribution in [1.82, 2.24) is 9.62 Å². The number of hydrogen-bond acceptors (Lipinski definition) is 3. The number of likely N-dealkylation sites (N-methyl/N-ethyl adjacent to an activating group) is 1. The normalized spacial score (nSPS) is 14.5. The Balaban J connectivity index is 2.19. The summed E-state index contributed by atoms with van der Waals surface area (Å²) in [6.07, 6.45) is 1.84. The fraction of sp³-hybridized carbons (Fsp3) is 0.409. The smallest absolute Gasteiger partial charge is 0.243 e. The van der Waals surface area contributed by atoms with E-state index in [-0.39, 0.29) is 17.4 Å². The van der Waals surface area contributed by atoms with Crippen molar-refractivity contribution in [2.45, 2.75) is 44.7 Å². The molecule has 2 unspecified atom stereocenters. The molecule has 0 fully saturated rings. The van der Waals surface area contributed by atoms with Crippen molar-refractivity contribution in [3.8, 4) is 0 Å². The van der Waals surface area contributed by atoms with Gasteiger partial charge in [0.25, 0.3) is 0 Å². The van der Waals surface area contributed by atoms with Crippen LogP contribution in [0.1, 0.15) is 44.4 Å². The Kier molecular flexibility index (Phi) is 7.01. The molecule has 6 heteroatoms. The van der Waals surface area contributed by atoms with E-state index >= 15 is 0 Å². The summed E-state index contributed by atoms with van der Waals surface area (Å²) in [4.78, 5) is 13.0. The predicted octanol–water partition coefficient (Wildman–Crippen LogP) is 3.49. The van der Waals surface area contributed by atoms with Gasteiger partial charge in [0.1, 0.15) is 6.04 Å². The Morgan fingerprint density at radius 3 is 2.04 bits per heavy atom. The van der Waals surface area contributed by atoms with Gasteiger partial charge >= 0.3 is 0 Å². The summed E-state index contributed by atoms with van der Waals surface area (Å²) in [6, 6.07) is 18.1. The number of carbonyl (C=O) groups is 1. The van der Waals surface area contributed by atoms with Gasteiger partial charge in [0, 0.05) is 13.1 Å². The fourth-order valence-corrected chi connectivity index (χ4v) is 4.10. The number of nitrogens with zero attached hydrogens (tertiary/aromatic N) is 1. The highest BCUT2D eigenvalue weighted by atomic mass is 32.2. The molecule has 0 radical (unpaired) electrons. The summed E-state index contributed by atoms with van der Waals surface area (Å²) >= 11 is 0. The van der Waals surface area contributed by atoms with Crippen LogP contribution < -0.4 is 5.32 Å². The van der Waals surface area contributed by atoms with Gasteiger partial charge in [-0.15, -0.1) is 0 Å². The second kappa shape index (κ2) is 8.88. The standard InChI is InChI=1S/C22H30N2O3S/c1-17(16-22(2,3)19-14-10-7-11-15-19)23-21(25)20(24(4)28(5,26)27)18-12-8-6-9-13-18/h6-15,17,20H,16H2,1-5H3,(H,23,25). The Bertz CT molecular complexity index is 881.